The van der Waals surface area contributed by atoms with E-state index in [9.17, 15) is 9.59 Å². The molecule has 0 radical (unpaired) electrons. The van der Waals surface area contributed by atoms with Gasteiger partial charge in [-0.1, -0.05) is 15.9 Å². The molecule has 0 aliphatic heterocycles. The second kappa shape index (κ2) is 5.21. The zero-order chi connectivity index (χ0) is 10.5. The summed E-state index contributed by atoms with van der Waals surface area (Å²) in [5, 5.41) is 2.52. The number of nitrogens with one attached hydrogen (secondary N) is 1. The van der Waals surface area contributed by atoms with Crippen molar-refractivity contribution in [3.05, 3.63) is 0 Å². The van der Waals surface area contributed by atoms with Gasteiger partial charge in [-0.05, 0) is 13.8 Å². The van der Waals surface area contributed by atoms with Gasteiger partial charge >= 0.3 is 5.97 Å². The molecule has 4 nitrogen and oxygen atoms in total. The highest BCUT2D eigenvalue weighted by atomic mass is 79.9. The zero-order valence-electron chi connectivity index (χ0n) is 8.02. The third kappa shape index (κ3) is 6.57. The van der Waals surface area contributed by atoms with Crippen LogP contribution in [0.1, 0.15) is 20.8 Å². The standard InChI is InChI=1S/C8H14BrNO3/c1-6(11)10-4-5-13-7(12)8(2,3)9/h4-5H2,1-3H3,(H,10,11). The molecule has 0 heterocycles. The number of ether oxygens (including phenoxy) is 1. The van der Waals surface area contributed by atoms with Crippen molar-refractivity contribution in [2.45, 2.75) is 25.1 Å². The number of esters is 1. The molecule has 1 amide bonds. The molecule has 13 heavy (non-hydrogen) atoms. The van der Waals surface area contributed by atoms with E-state index in [0.29, 0.717) is 6.54 Å². The van der Waals surface area contributed by atoms with E-state index in [2.05, 4.69) is 21.2 Å². The summed E-state index contributed by atoms with van der Waals surface area (Å²) >= 11 is 3.16. The number of rotatable bonds is 4. The fourth-order valence-corrected chi connectivity index (χ4v) is 0.657. The maximum absolute atomic E-state index is 11.1. The SMILES string of the molecule is CC(=O)NCCOC(=O)C(C)(C)Br. The van der Waals surface area contributed by atoms with Crippen LogP contribution in [0.5, 0.6) is 0 Å². The largest absolute Gasteiger partial charge is 0.463 e. The van der Waals surface area contributed by atoms with Gasteiger partial charge in [-0.15, -0.1) is 0 Å². The Morgan fingerprint density at radius 3 is 2.38 bits per heavy atom. The summed E-state index contributed by atoms with van der Waals surface area (Å²) in [7, 11) is 0. The summed E-state index contributed by atoms with van der Waals surface area (Å²) in [5.41, 5.74) is 0. The van der Waals surface area contributed by atoms with Crippen LogP contribution in [0.25, 0.3) is 0 Å². The molecule has 0 aliphatic carbocycles. The van der Waals surface area contributed by atoms with E-state index < -0.39 is 4.32 Å². The van der Waals surface area contributed by atoms with Crippen LogP contribution in [0.4, 0.5) is 0 Å². The minimum Gasteiger partial charge on any atom is -0.463 e. The lowest BCUT2D eigenvalue weighted by molar-refractivity contribution is -0.145. The van der Waals surface area contributed by atoms with Gasteiger partial charge in [0, 0.05) is 6.92 Å². The summed E-state index contributed by atoms with van der Waals surface area (Å²) in [6.45, 7) is 5.37. The van der Waals surface area contributed by atoms with Gasteiger partial charge in [0.15, 0.2) is 0 Å². The minimum absolute atomic E-state index is 0.130. The number of alkyl halides is 1. The van der Waals surface area contributed by atoms with Crippen LogP contribution in [-0.2, 0) is 14.3 Å². The molecular weight excluding hydrogens is 238 g/mol. The van der Waals surface area contributed by atoms with Crippen molar-refractivity contribution in [3.8, 4) is 0 Å². The number of amides is 1. The van der Waals surface area contributed by atoms with Crippen LogP contribution in [0.15, 0.2) is 0 Å². The van der Waals surface area contributed by atoms with E-state index in [4.69, 9.17) is 4.74 Å². The molecule has 0 bridgehead atoms. The van der Waals surface area contributed by atoms with Gasteiger partial charge in [0.2, 0.25) is 5.91 Å². The maximum Gasteiger partial charge on any atom is 0.322 e. The van der Waals surface area contributed by atoms with Crippen LogP contribution < -0.4 is 5.32 Å². The predicted molar refractivity (Wildman–Crippen MR) is 52.6 cm³/mol. The van der Waals surface area contributed by atoms with Crippen LogP contribution in [-0.4, -0.2) is 29.4 Å². The fraction of sp³-hybridized carbons (Fsp3) is 0.750. The molecule has 0 aliphatic rings. The number of carbonyl (C=O) groups is 2. The second-order valence-electron chi connectivity index (χ2n) is 3.09. The maximum atomic E-state index is 11.1. The lowest BCUT2D eigenvalue weighted by Crippen LogP contribution is -2.31. The average molecular weight is 252 g/mol. The summed E-state index contributed by atoms with van der Waals surface area (Å²) in [6, 6.07) is 0. The lowest BCUT2D eigenvalue weighted by atomic mass is 10.2. The molecular formula is C8H14BrNO3. The first-order valence-corrected chi connectivity index (χ1v) is 4.74. The molecule has 1 N–H and O–H groups in total. The smallest absolute Gasteiger partial charge is 0.322 e. The van der Waals surface area contributed by atoms with Crippen LogP contribution in [0.2, 0.25) is 0 Å². The molecule has 0 aromatic rings. The first kappa shape index (κ1) is 12.4. The molecule has 0 saturated carbocycles. The van der Waals surface area contributed by atoms with E-state index in [1.165, 1.54) is 6.92 Å². The van der Waals surface area contributed by atoms with Gasteiger partial charge in [-0.3, -0.25) is 9.59 Å². The number of hydrogen-bond donors (Lipinski definition) is 1. The predicted octanol–water partition coefficient (Wildman–Crippen LogP) is 0.839. The molecule has 0 aromatic carbocycles. The number of carbonyl (C=O) groups excluding carboxylic acids is 2. The Hall–Kier alpha value is -0.580. The third-order valence-electron chi connectivity index (χ3n) is 1.19. The van der Waals surface area contributed by atoms with E-state index in [-0.39, 0.29) is 18.5 Å². The Morgan fingerprint density at radius 2 is 2.00 bits per heavy atom. The van der Waals surface area contributed by atoms with Gasteiger partial charge in [-0.25, -0.2) is 0 Å². The first-order valence-electron chi connectivity index (χ1n) is 3.94. The Kier molecular flexibility index (Phi) is 4.98. The van der Waals surface area contributed by atoms with E-state index >= 15 is 0 Å². The van der Waals surface area contributed by atoms with Gasteiger partial charge in [0.05, 0.1) is 6.54 Å². The lowest BCUT2D eigenvalue weighted by Gasteiger charge is -2.14. The van der Waals surface area contributed by atoms with Crippen molar-refractivity contribution < 1.29 is 14.3 Å². The van der Waals surface area contributed by atoms with E-state index in [1.54, 1.807) is 13.8 Å². The van der Waals surface area contributed by atoms with Gasteiger partial charge in [0.25, 0.3) is 0 Å². The molecule has 0 atom stereocenters. The Balaban J connectivity index is 3.55. The zero-order valence-corrected chi connectivity index (χ0v) is 9.60. The molecule has 0 spiro atoms. The molecule has 0 unspecified atom stereocenters. The van der Waals surface area contributed by atoms with Gasteiger partial charge < -0.3 is 10.1 Å². The van der Waals surface area contributed by atoms with Crippen molar-refractivity contribution in [1.29, 1.82) is 0 Å². The summed E-state index contributed by atoms with van der Waals surface area (Å²) in [5.74, 6) is -0.466. The highest BCUT2D eigenvalue weighted by Crippen LogP contribution is 2.16. The molecule has 0 saturated heterocycles. The Morgan fingerprint density at radius 1 is 1.46 bits per heavy atom. The van der Waals surface area contributed by atoms with E-state index in [0.717, 1.165) is 0 Å². The quantitative estimate of drug-likeness (QED) is 0.458. The molecule has 0 rings (SSSR count). The minimum atomic E-state index is -0.663. The van der Waals surface area contributed by atoms with Crippen LogP contribution in [0, 0.1) is 0 Å². The Labute approximate surface area is 86.1 Å². The number of hydrogen-bond acceptors (Lipinski definition) is 3. The van der Waals surface area contributed by atoms with Crippen molar-refractivity contribution in [2.24, 2.45) is 0 Å². The summed E-state index contributed by atoms with van der Waals surface area (Å²) in [4.78, 5) is 21.6. The molecule has 0 aromatic heterocycles. The second-order valence-corrected chi connectivity index (χ2v) is 5.07. The van der Waals surface area contributed by atoms with Crippen LogP contribution >= 0.6 is 15.9 Å². The molecule has 76 valence electrons. The average Bonchev–Trinajstić information content (AvgIpc) is 1.95. The van der Waals surface area contributed by atoms with E-state index in [1.807, 2.05) is 0 Å². The van der Waals surface area contributed by atoms with Crippen molar-refractivity contribution in [1.82, 2.24) is 5.32 Å². The van der Waals surface area contributed by atoms with Crippen molar-refractivity contribution in [3.63, 3.8) is 0 Å². The van der Waals surface area contributed by atoms with Gasteiger partial charge in [0.1, 0.15) is 10.9 Å². The third-order valence-corrected chi connectivity index (χ3v) is 1.52. The fourth-order valence-electron chi connectivity index (χ4n) is 0.542. The highest BCUT2D eigenvalue weighted by molar-refractivity contribution is 9.10. The van der Waals surface area contributed by atoms with Crippen molar-refractivity contribution >= 4 is 27.8 Å². The Bertz CT molecular complexity index is 198. The normalized spacial score (nSPS) is 10.8. The summed E-state index contributed by atoms with van der Waals surface area (Å²) < 4.78 is 4.19. The first-order chi connectivity index (χ1) is 5.84. The van der Waals surface area contributed by atoms with Crippen LogP contribution in [0.3, 0.4) is 0 Å². The highest BCUT2D eigenvalue weighted by Gasteiger charge is 2.24. The van der Waals surface area contributed by atoms with Gasteiger partial charge in [-0.2, -0.15) is 0 Å². The monoisotopic (exact) mass is 251 g/mol. The number of halogens is 1. The molecule has 0 fully saturated rings. The topological polar surface area (TPSA) is 55.4 Å². The molecule has 5 heteroatoms. The van der Waals surface area contributed by atoms with Crippen molar-refractivity contribution in [2.75, 3.05) is 13.2 Å². The summed E-state index contributed by atoms with van der Waals surface area (Å²) in [6.07, 6.45) is 0.